The second kappa shape index (κ2) is 7.47. The van der Waals surface area contributed by atoms with Gasteiger partial charge in [-0.1, -0.05) is 26.0 Å². The van der Waals surface area contributed by atoms with E-state index in [4.69, 9.17) is 5.73 Å². The first kappa shape index (κ1) is 18.2. The molecule has 1 aliphatic carbocycles. The van der Waals surface area contributed by atoms with Gasteiger partial charge < -0.3 is 11.1 Å². The summed E-state index contributed by atoms with van der Waals surface area (Å²) in [6, 6.07) is 9.58. The molecule has 2 aromatic rings. The third-order valence-corrected chi connectivity index (χ3v) is 6.23. The number of allylic oxidation sites excluding steroid dienone is 1. The molecular formula is C24H29FN2. The lowest BCUT2D eigenvalue weighted by Crippen LogP contribution is -2.16. The second-order valence-electron chi connectivity index (χ2n) is 8.19. The van der Waals surface area contributed by atoms with E-state index in [1.165, 1.54) is 35.6 Å². The minimum atomic E-state index is -0.208. The number of rotatable bonds is 0. The van der Waals surface area contributed by atoms with Crippen LogP contribution in [0.1, 0.15) is 61.8 Å². The van der Waals surface area contributed by atoms with Crippen molar-refractivity contribution in [2.45, 2.75) is 57.9 Å². The summed E-state index contributed by atoms with van der Waals surface area (Å²) in [4.78, 5) is 0. The highest BCUT2D eigenvalue weighted by atomic mass is 19.1. The number of aryl methyl sites for hydroxylation is 1. The van der Waals surface area contributed by atoms with Crippen LogP contribution in [0.2, 0.25) is 0 Å². The number of halogens is 1. The van der Waals surface area contributed by atoms with E-state index >= 15 is 0 Å². The van der Waals surface area contributed by atoms with E-state index in [9.17, 15) is 4.39 Å². The Hall–Kier alpha value is -2.13. The minimum Gasteiger partial charge on any atom is -0.359 e. The fourth-order valence-corrected chi connectivity index (χ4v) is 4.48. The Morgan fingerprint density at radius 2 is 1.85 bits per heavy atom. The third-order valence-electron chi connectivity index (χ3n) is 6.23. The zero-order valence-corrected chi connectivity index (χ0v) is 16.2. The van der Waals surface area contributed by atoms with Gasteiger partial charge in [0.15, 0.2) is 0 Å². The summed E-state index contributed by atoms with van der Waals surface area (Å²) in [5.74, 6) is 0.141. The molecule has 2 bridgehead atoms. The van der Waals surface area contributed by atoms with Gasteiger partial charge in [-0.05, 0) is 91.0 Å². The van der Waals surface area contributed by atoms with Gasteiger partial charge in [0.2, 0.25) is 0 Å². The van der Waals surface area contributed by atoms with Crippen LogP contribution in [0, 0.1) is 11.7 Å². The molecule has 1 heterocycles. The molecule has 142 valence electrons. The zero-order chi connectivity index (χ0) is 19.0. The summed E-state index contributed by atoms with van der Waals surface area (Å²) in [6.07, 6.45) is 7.63. The minimum absolute atomic E-state index is 0.0286. The Labute approximate surface area is 161 Å². The van der Waals surface area contributed by atoms with E-state index in [1.54, 1.807) is 6.07 Å². The average Bonchev–Trinajstić information content (AvgIpc) is 2.67. The molecule has 3 heteroatoms. The van der Waals surface area contributed by atoms with E-state index in [1.807, 2.05) is 6.07 Å². The molecule has 0 saturated carbocycles. The van der Waals surface area contributed by atoms with Crippen LogP contribution >= 0.6 is 0 Å². The average molecular weight is 365 g/mol. The molecule has 2 nitrogen and oxygen atoms in total. The van der Waals surface area contributed by atoms with Crippen LogP contribution in [-0.4, -0.2) is 0 Å². The lowest BCUT2D eigenvalue weighted by Gasteiger charge is -2.26. The predicted octanol–water partition coefficient (Wildman–Crippen LogP) is 6.12. The topological polar surface area (TPSA) is 38.0 Å². The Morgan fingerprint density at radius 1 is 1.04 bits per heavy atom. The molecule has 2 aromatic carbocycles. The Kier molecular flexibility index (Phi) is 5.05. The first-order chi connectivity index (χ1) is 13.0. The van der Waals surface area contributed by atoms with E-state index in [0.29, 0.717) is 5.92 Å². The highest BCUT2D eigenvalue weighted by Crippen LogP contribution is 2.39. The van der Waals surface area contributed by atoms with Gasteiger partial charge in [0.05, 0.1) is 0 Å². The third kappa shape index (κ3) is 3.66. The molecule has 0 aromatic heterocycles. The van der Waals surface area contributed by atoms with Gasteiger partial charge in [-0.2, -0.15) is 0 Å². The molecule has 0 fully saturated rings. The molecule has 2 aliphatic rings. The fourth-order valence-electron chi connectivity index (χ4n) is 4.48. The number of benzene rings is 2. The number of hydrogen-bond donors (Lipinski definition) is 2. The van der Waals surface area contributed by atoms with Crippen LogP contribution < -0.4 is 11.1 Å². The van der Waals surface area contributed by atoms with E-state index in [-0.39, 0.29) is 11.9 Å². The summed E-state index contributed by atoms with van der Waals surface area (Å²) < 4.78 is 14.2. The molecule has 1 aliphatic heterocycles. The van der Waals surface area contributed by atoms with Crippen molar-refractivity contribution in [3.8, 4) is 11.1 Å². The summed E-state index contributed by atoms with van der Waals surface area (Å²) >= 11 is 0. The van der Waals surface area contributed by atoms with Gasteiger partial charge >= 0.3 is 0 Å². The first-order valence-electron chi connectivity index (χ1n) is 10.2. The maximum absolute atomic E-state index is 14.2. The smallest absolute Gasteiger partial charge is 0.123 e. The van der Waals surface area contributed by atoms with Gasteiger partial charge in [0.25, 0.3) is 0 Å². The highest BCUT2D eigenvalue weighted by Gasteiger charge is 2.22. The summed E-state index contributed by atoms with van der Waals surface area (Å²) in [5, 5.41) is 3.49. The van der Waals surface area contributed by atoms with Gasteiger partial charge in [-0.25, -0.2) is 4.39 Å². The molecule has 0 radical (unpaired) electrons. The maximum Gasteiger partial charge on any atom is 0.123 e. The number of fused-ring (bicyclic) bond motifs is 6. The van der Waals surface area contributed by atoms with Crippen LogP contribution in [-0.2, 0) is 12.8 Å². The second-order valence-corrected chi connectivity index (χ2v) is 8.19. The van der Waals surface area contributed by atoms with E-state index < -0.39 is 0 Å². The normalized spacial score (nSPS) is 22.7. The summed E-state index contributed by atoms with van der Waals surface area (Å²) in [7, 11) is 0. The Balaban J connectivity index is 1.94. The lowest BCUT2D eigenvalue weighted by atomic mass is 9.82. The van der Waals surface area contributed by atoms with Gasteiger partial charge in [0, 0.05) is 23.0 Å². The molecule has 0 saturated heterocycles. The monoisotopic (exact) mass is 364 g/mol. The summed E-state index contributed by atoms with van der Waals surface area (Å²) in [5.41, 5.74) is 14.5. The van der Waals surface area contributed by atoms with Crippen molar-refractivity contribution in [1.29, 1.82) is 0 Å². The van der Waals surface area contributed by atoms with Crippen molar-refractivity contribution >= 4 is 5.69 Å². The molecule has 2 unspecified atom stereocenters. The van der Waals surface area contributed by atoms with E-state index in [2.05, 4.69) is 31.0 Å². The van der Waals surface area contributed by atoms with E-state index in [0.717, 1.165) is 54.6 Å². The lowest BCUT2D eigenvalue weighted by molar-refractivity contribution is 0.521. The van der Waals surface area contributed by atoms with Crippen molar-refractivity contribution in [2.75, 3.05) is 5.32 Å². The number of nitrogens with two attached hydrogens (primary N) is 1. The SMILES string of the molecule is C=C1Nc2ccc(F)cc2-c2cc(cc3c2CCCC3)C(N)CCCC1C. The first-order valence-corrected chi connectivity index (χ1v) is 10.2. The zero-order valence-electron chi connectivity index (χ0n) is 16.2. The molecule has 3 N–H and O–H groups in total. The largest absolute Gasteiger partial charge is 0.359 e. The van der Waals surface area contributed by atoms with Crippen molar-refractivity contribution in [3.63, 3.8) is 0 Å². The number of anilines is 1. The standard InChI is InChI=1S/C24H29FN2/c1-15-6-5-9-23(26)18-12-17-7-3-4-8-20(17)21(13-18)22-14-19(25)10-11-24(22)27-16(15)2/h10-15,23,27H,2-9,26H2,1H3. The Bertz CT molecular complexity index is 871. The fraction of sp³-hybridized carbons (Fsp3) is 0.417. The van der Waals surface area contributed by atoms with Crippen LogP contribution in [0.15, 0.2) is 42.6 Å². The van der Waals surface area contributed by atoms with Crippen molar-refractivity contribution in [3.05, 3.63) is 65.1 Å². The van der Waals surface area contributed by atoms with Crippen LogP contribution in [0.5, 0.6) is 0 Å². The maximum atomic E-state index is 14.2. The molecule has 0 spiro atoms. The van der Waals surface area contributed by atoms with Gasteiger partial charge in [0.1, 0.15) is 5.82 Å². The predicted molar refractivity (Wildman–Crippen MR) is 111 cm³/mol. The molecular weight excluding hydrogens is 335 g/mol. The van der Waals surface area contributed by atoms with Gasteiger partial charge in [-0.15, -0.1) is 0 Å². The number of hydrogen-bond acceptors (Lipinski definition) is 2. The van der Waals surface area contributed by atoms with Crippen molar-refractivity contribution < 1.29 is 4.39 Å². The number of nitrogens with one attached hydrogen (secondary N) is 1. The highest BCUT2D eigenvalue weighted by molar-refractivity contribution is 5.82. The molecule has 4 rings (SSSR count). The Morgan fingerprint density at radius 3 is 2.70 bits per heavy atom. The van der Waals surface area contributed by atoms with Crippen LogP contribution in [0.3, 0.4) is 0 Å². The van der Waals surface area contributed by atoms with Crippen molar-refractivity contribution in [1.82, 2.24) is 0 Å². The molecule has 2 atom stereocenters. The molecule has 27 heavy (non-hydrogen) atoms. The summed E-state index contributed by atoms with van der Waals surface area (Å²) in [6.45, 7) is 6.44. The quantitative estimate of drug-likeness (QED) is 0.591. The van der Waals surface area contributed by atoms with Gasteiger partial charge in [-0.3, -0.25) is 0 Å². The van der Waals surface area contributed by atoms with Crippen LogP contribution in [0.25, 0.3) is 11.1 Å². The molecule has 0 amide bonds. The van der Waals surface area contributed by atoms with Crippen molar-refractivity contribution in [2.24, 2.45) is 11.7 Å². The van der Waals surface area contributed by atoms with Crippen LogP contribution in [0.4, 0.5) is 10.1 Å².